The fourth-order valence-corrected chi connectivity index (χ4v) is 5.51. The van der Waals surface area contributed by atoms with Crippen molar-refractivity contribution in [3.63, 3.8) is 0 Å². The van der Waals surface area contributed by atoms with Gasteiger partial charge in [-0.15, -0.1) is 4.72 Å². The van der Waals surface area contributed by atoms with Crippen LogP contribution in [-0.4, -0.2) is 38.7 Å². The third-order valence-corrected chi connectivity index (χ3v) is 7.54. The van der Waals surface area contributed by atoms with Crippen molar-refractivity contribution in [2.75, 3.05) is 26.7 Å². The third kappa shape index (κ3) is 6.32. The van der Waals surface area contributed by atoms with Crippen LogP contribution in [0.2, 0.25) is 0 Å². The van der Waals surface area contributed by atoms with Crippen molar-refractivity contribution in [3.05, 3.63) is 96.1 Å². The van der Waals surface area contributed by atoms with E-state index < -0.39 is 11.0 Å². The average Bonchev–Trinajstić information content (AvgIpc) is 2.90. The molecule has 178 valence electrons. The highest BCUT2D eigenvalue weighted by atomic mass is 32.2. The van der Waals surface area contributed by atoms with E-state index in [2.05, 4.69) is 39.6 Å². The predicted molar refractivity (Wildman–Crippen MR) is 136 cm³/mol. The van der Waals surface area contributed by atoms with Crippen molar-refractivity contribution < 1.29 is 13.7 Å². The number of amides is 1. The Balaban J connectivity index is 1.36. The second-order valence-electron chi connectivity index (χ2n) is 8.53. The van der Waals surface area contributed by atoms with Gasteiger partial charge in [0.05, 0.1) is 19.1 Å². The van der Waals surface area contributed by atoms with E-state index in [1.54, 1.807) is 13.2 Å². The molecule has 34 heavy (non-hydrogen) atoms. The number of rotatable bonds is 9. The molecular weight excluding hydrogens is 446 g/mol. The van der Waals surface area contributed by atoms with Gasteiger partial charge < -0.3 is 15.4 Å². The molecule has 3 aromatic carbocycles. The number of hydrogen-bond acceptors (Lipinski definition) is 4. The summed E-state index contributed by atoms with van der Waals surface area (Å²) >= 11 is 0. The van der Waals surface area contributed by atoms with Crippen LogP contribution in [0.4, 0.5) is 0 Å². The van der Waals surface area contributed by atoms with Crippen LogP contribution in [0.1, 0.15) is 23.5 Å². The number of piperidine rings is 1. The molecule has 3 atom stereocenters. The Morgan fingerprint density at radius 2 is 1.68 bits per heavy atom. The fourth-order valence-electron chi connectivity index (χ4n) is 4.36. The Kier molecular flexibility index (Phi) is 8.46. The molecule has 1 saturated heterocycles. The van der Waals surface area contributed by atoms with Crippen molar-refractivity contribution in [1.29, 1.82) is 0 Å². The maximum Gasteiger partial charge on any atom is 0.224 e. The normalized spacial score (nSPS) is 18.9. The first kappa shape index (κ1) is 24.1. The standard InChI is InChI=1S/C27H31N3O3S/c1-33-24-13-8-14-25(16-24)34(32)30-23-15-22(17-28-18-23)27(31)29-19-26(20-9-4-2-5-10-20)21-11-6-3-7-12-21/h2-14,16,22-23,26,28H,15,17-19H2,1H3,(H,29,31)(H,30,32)/p+1. The first-order valence-electron chi connectivity index (χ1n) is 11.6. The van der Waals surface area contributed by atoms with Crippen LogP contribution in [0.3, 0.4) is 0 Å². The summed E-state index contributed by atoms with van der Waals surface area (Å²) < 4.78 is 21.3. The molecule has 0 spiro atoms. The van der Waals surface area contributed by atoms with Crippen LogP contribution >= 0.6 is 0 Å². The van der Waals surface area contributed by atoms with Gasteiger partial charge in [0, 0.05) is 31.6 Å². The van der Waals surface area contributed by atoms with Crippen LogP contribution in [0, 0.1) is 5.92 Å². The van der Waals surface area contributed by atoms with E-state index in [9.17, 15) is 9.00 Å². The van der Waals surface area contributed by atoms with E-state index in [1.807, 2.05) is 54.6 Å². The van der Waals surface area contributed by atoms with Gasteiger partial charge in [-0.2, -0.15) is 0 Å². The Bertz CT molecular complexity index is 1060. The van der Waals surface area contributed by atoms with Crippen molar-refractivity contribution >= 4 is 16.9 Å². The van der Waals surface area contributed by atoms with Crippen LogP contribution in [0.15, 0.2) is 89.8 Å². The lowest BCUT2D eigenvalue weighted by molar-refractivity contribution is -0.125. The van der Waals surface area contributed by atoms with Crippen molar-refractivity contribution in [3.8, 4) is 5.75 Å². The maximum atomic E-state index is 13.1. The van der Waals surface area contributed by atoms with Crippen LogP contribution < -0.4 is 20.1 Å². The Hall–Kier alpha value is -3.00. The SMILES string of the molecule is COc1cccc([SH+](=O)NC2CNCC(C(=O)NCC(c3ccccc3)c3ccccc3)C2)c1. The van der Waals surface area contributed by atoms with E-state index in [0.29, 0.717) is 36.7 Å². The number of benzene rings is 3. The van der Waals surface area contributed by atoms with Gasteiger partial charge in [0.15, 0.2) is 15.9 Å². The summed E-state index contributed by atoms with van der Waals surface area (Å²) in [6.45, 7) is 1.81. The molecule has 0 saturated carbocycles. The van der Waals surface area contributed by atoms with E-state index in [0.717, 1.165) is 0 Å². The summed E-state index contributed by atoms with van der Waals surface area (Å²) in [6.07, 6.45) is 0.630. The van der Waals surface area contributed by atoms with Crippen LogP contribution in [-0.2, 0) is 20.0 Å². The lowest BCUT2D eigenvalue weighted by Gasteiger charge is -2.28. The minimum absolute atomic E-state index is 0.0208. The van der Waals surface area contributed by atoms with E-state index in [-0.39, 0.29) is 23.8 Å². The quantitative estimate of drug-likeness (QED) is 0.326. The Morgan fingerprint density at radius 3 is 2.32 bits per heavy atom. The number of carbonyl (C=O) groups excluding carboxylic acids is 1. The minimum Gasteiger partial charge on any atom is -0.497 e. The second-order valence-corrected chi connectivity index (χ2v) is 9.90. The number of carbonyl (C=O) groups is 1. The summed E-state index contributed by atoms with van der Waals surface area (Å²) in [5, 5.41) is 6.49. The number of hydrogen-bond donors (Lipinski definition) is 3. The molecule has 7 heteroatoms. The molecule has 3 N–H and O–H groups in total. The molecule has 1 fully saturated rings. The molecule has 0 bridgehead atoms. The largest absolute Gasteiger partial charge is 0.497 e. The number of ether oxygens (including phenoxy) is 1. The van der Waals surface area contributed by atoms with Crippen LogP contribution in [0.25, 0.3) is 0 Å². The smallest absolute Gasteiger partial charge is 0.224 e. The molecule has 3 unspecified atom stereocenters. The van der Waals surface area contributed by atoms with E-state index in [4.69, 9.17) is 4.74 Å². The first-order chi connectivity index (χ1) is 16.6. The Labute approximate surface area is 203 Å². The minimum atomic E-state index is -1.79. The molecule has 1 heterocycles. The van der Waals surface area contributed by atoms with Crippen molar-refractivity contribution in [1.82, 2.24) is 15.4 Å². The first-order valence-corrected chi connectivity index (χ1v) is 12.9. The molecule has 4 rings (SSSR count). The van der Waals surface area contributed by atoms with Gasteiger partial charge in [-0.05, 0) is 29.7 Å². The zero-order valence-corrected chi connectivity index (χ0v) is 20.2. The maximum absolute atomic E-state index is 13.1. The molecule has 1 aliphatic heterocycles. The molecule has 0 radical (unpaired) electrons. The summed E-state index contributed by atoms with van der Waals surface area (Å²) in [5.74, 6) is 0.590. The molecule has 1 amide bonds. The van der Waals surface area contributed by atoms with E-state index in [1.165, 1.54) is 11.1 Å². The van der Waals surface area contributed by atoms with Gasteiger partial charge in [0.1, 0.15) is 5.75 Å². The number of methoxy groups -OCH3 is 1. The average molecular weight is 479 g/mol. The zero-order valence-electron chi connectivity index (χ0n) is 19.3. The lowest BCUT2D eigenvalue weighted by atomic mass is 9.90. The van der Waals surface area contributed by atoms with Crippen molar-refractivity contribution in [2.24, 2.45) is 5.92 Å². The molecule has 3 aromatic rings. The number of nitrogens with one attached hydrogen (secondary N) is 3. The summed E-state index contributed by atoms with van der Waals surface area (Å²) in [4.78, 5) is 13.8. The molecule has 0 aliphatic carbocycles. The summed E-state index contributed by atoms with van der Waals surface area (Å²) in [6, 6.07) is 27.7. The van der Waals surface area contributed by atoms with E-state index >= 15 is 0 Å². The summed E-state index contributed by atoms with van der Waals surface area (Å²) in [7, 11) is -0.198. The zero-order chi connectivity index (χ0) is 23.8. The molecule has 0 aromatic heterocycles. The highest BCUT2D eigenvalue weighted by molar-refractivity contribution is 7.83. The topological polar surface area (TPSA) is 79.5 Å². The lowest BCUT2D eigenvalue weighted by Crippen LogP contribution is -2.51. The van der Waals surface area contributed by atoms with Gasteiger partial charge in [-0.1, -0.05) is 70.9 Å². The van der Waals surface area contributed by atoms with Crippen molar-refractivity contribution in [2.45, 2.75) is 23.3 Å². The van der Waals surface area contributed by atoms with Crippen LogP contribution in [0.5, 0.6) is 5.75 Å². The molecule has 6 nitrogen and oxygen atoms in total. The van der Waals surface area contributed by atoms with Gasteiger partial charge in [-0.25, -0.2) is 0 Å². The highest BCUT2D eigenvalue weighted by Gasteiger charge is 2.30. The van der Waals surface area contributed by atoms with Gasteiger partial charge in [0.25, 0.3) is 0 Å². The van der Waals surface area contributed by atoms with Gasteiger partial charge in [0.2, 0.25) is 5.91 Å². The molecule has 1 aliphatic rings. The fraction of sp³-hybridized carbons (Fsp3) is 0.296. The van der Waals surface area contributed by atoms with Gasteiger partial charge in [-0.3, -0.25) is 4.79 Å². The predicted octanol–water partition coefficient (Wildman–Crippen LogP) is 3.18. The second kappa shape index (κ2) is 11.9. The summed E-state index contributed by atoms with van der Waals surface area (Å²) in [5.41, 5.74) is 2.34. The highest BCUT2D eigenvalue weighted by Crippen LogP contribution is 2.24. The van der Waals surface area contributed by atoms with Gasteiger partial charge >= 0.3 is 0 Å². The monoisotopic (exact) mass is 478 g/mol. The number of thiol groups is 1. The third-order valence-electron chi connectivity index (χ3n) is 6.19. The Morgan fingerprint density at radius 1 is 1.00 bits per heavy atom. The molecular formula is C27H32N3O3S+.